The topological polar surface area (TPSA) is 75.7 Å². The van der Waals surface area contributed by atoms with Gasteiger partial charge in [0.25, 0.3) is 17.7 Å². The predicted octanol–water partition coefficient (Wildman–Crippen LogP) is 4.14. The highest BCUT2D eigenvalue weighted by molar-refractivity contribution is 6.34. The minimum absolute atomic E-state index is 0.278. The lowest BCUT2D eigenvalue weighted by molar-refractivity contribution is 0.0924. The number of anilines is 2. The van der Waals surface area contributed by atoms with Crippen molar-refractivity contribution < 1.29 is 19.1 Å². The molecule has 0 radical (unpaired) electrons. The molecule has 6 heteroatoms. The van der Waals surface area contributed by atoms with E-state index in [4.69, 9.17) is 4.74 Å². The molecule has 3 aromatic rings. The number of fused-ring (bicyclic) bond motifs is 1. The van der Waals surface area contributed by atoms with Gasteiger partial charge in [-0.1, -0.05) is 18.2 Å². The van der Waals surface area contributed by atoms with Gasteiger partial charge in [-0.15, -0.1) is 0 Å². The zero-order chi connectivity index (χ0) is 20.4. The molecule has 1 aliphatic heterocycles. The molecule has 3 amide bonds. The Bertz CT molecular complexity index is 1070. The van der Waals surface area contributed by atoms with Gasteiger partial charge in [-0.2, -0.15) is 0 Å². The maximum atomic E-state index is 12.6. The lowest BCUT2D eigenvalue weighted by atomic mass is 10.1. The molecule has 144 valence electrons. The fraction of sp³-hybridized carbons (Fsp3) is 0.0870. The average molecular weight is 386 g/mol. The van der Waals surface area contributed by atoms with Crippen molar-refractivity contribution in [3.63, 3.8) is 0 Å². The molecular weight excluding hydrogens is 368 g/mol. The monoisotopic (exact) mass is 386 g/mol. The molecule has 3 aromatic carbocycles. The standard InChI is InChI=1S/C23H18N2O4/c1-2-29-18-7-5-6-15(14-18)21(26)24-16-10-12-17(13-11-16)25-22(27)19-8-3-4-9-20(19)23(25)28/h3-14H,2H2,1H3,(H,24,26). The van der Waals surface area contributed by atoms with Crippen molar-refractivity contribution in [3.8, 4) is 5.75 Å². The number of imide groups is 1. The van der Waals surface area contributed by atoms with Gasteiger partial charge in [0.15, 0.2) is 0 Å². The summed E-state index contributed by atoms with van der Waals surface area (Å²) in [6.07, 6.45) is 0. The molecule has 1 aliphatic rings. The molecule has 29 heavy (non-hydrogen) atoms. The van der Waals surface area contributed by atoms with Gasteiger partial charge < -0.3 is 10.1 Å². The fourth-order valence-corrected chi connectivity index (χ4v) is 3.21. The summed E-state index contributed by atoms with van der Waals surface area (Å²) in [4.78, 5) is 38.7. The average Bonchev–Trinajstić information content (AvgIpc) is 3.00. The Balaban J connectivity index is 1.50. The molecule has 4 rings (SSSR count). The second-order valence-corrected chi connectivity index (χ2v) is 6.45. The first kappa shape index (κ1) is 18.4. The Labute approximate surface area is 167 Å². The lowest BCUT2D eigenvalue weighted by Gasteiger charge is -2.14. The van der Waals surface area contributed by atoms with Crippen LogP contribution in [0.1, 0.15) is 38.0 Å². The fourth-order valence-electron chi connectivity index (χ4n) is 3.21. The molecule has 1 heterocycles. The SMILES string of the molecule is CCOc1cccc(C(=O)Nc2ccc(N3C(=O)c4ccccc4C3=O)cc2)c1. The molecular formula is C23H18N2O4. The van der Waals surface area contributed by atoms with Gasteiger partial charge in [-0.3, -0.25) is 14.4 Å². The predicted molar refractivity (Wildman–Crippen MR) is 110 cm³/mol. The lowest BCUT2D eigenvalue weighted by Crippen LogP contribution is -2.29. The van der Waals surface area contributed by atoms with Crippen LogP contribution in [0.3, 0.4) is 0 Å². The number of amides is 3. The molecule has 0 atom stereocenters. The Morgan fingerprint density at radius 2 is 1.55 bits per heavy atom. The normalized spacial score (nSPS) is 12.7. The molecule has 0 fully saturated rings. The molecule has 0 aliphatic carbocycles. The van der Waals surface area contributed by atoms with E-state index in [1.54, 1.807) is 72.8 Å². The maximum Gasteiger partial charge on any atom is 0.266 e. The summed E-state index contributed by atoms with van der Waals surface area (Å²) in [5.41, 5.74) is 2.26. The van der Waals surface area contributed by atoms with Crippen LogP contribution in [0.15, 0.2) is 72.8 Å². The first-order valence-corrected chi connectivity index (χ1v) is 9.20. The smallest absolute Gasteiger partial charge is 0.266 e. The van der Waals surface area contributed by atoms with Gasteiger partial charge in [0.1, 0.15) is 5.75 Å². The van der Waals surface area contributed by atoms with E-state index in [2.05, 4.69) is 5.32 Å². The molecule has 0 aromatic heterocycles. The highest BCUT2D eigenvalue weighted by Gasteiger charge is 2.36. The maximum absolute atomic E-state index is 12.6. The number of hydrogen-bond acceptors (Lipinski definition) is 4. The highest BCUT2D eigenvalue weighted by Crippen LogP contribution is 2.29. The molecule has 0 saturated carbocycles. The molecule has 0 spiro atoms. The summed E-state index contributed by atoms with van der Waals surface area (Å²) in [7, 11) is 0. The van der Waals surface area contributed by atoms with Crippen molar-refractivity contribution >= 4 is 29.1 Å². The summed E-state index contributed by atoms with van der Waals surface area (Å²) in [5.74, 6) is -0.355. The molecule has 0 saturated heterocycles. The minimum Gasteiger partial charge on any atom is -0.494 e. The molecule has 0 bridgehead atoms. The summed E-state index contributed by atoms with van der Waals surface area (Å²) in [6.45, 7) is 2.40. The number of benzene rings is 3. The van der Waals surface area contributed by atoms with Crippen LogP contribution >= 0.6 is 0 Å². The largest absolute Gasteiger partial charge is 0.494 e. The number of carbonyl (C=O) groups is 3. The van der Waals surface area contributed by atoms with Crippen molar-refractivity contribution in [2.45, 2.75) is 6.92 Å². The number of nitrogens with zero attached hydrogens (tertiary/aromatic N) is 1. The third-order valence-electron chi connectivity index (χ3n) is 4.58. The van der Waals surface area contributed by atoms with Gasteiger partial charge in [0, 0.05) is 11.3 Å². The molecule has 0 unspecified atom stereocenters. The van der Waals surface area contributed by atoms with E-state index in [1.807, 2.05) is 6.92 Å². The summed E-state index contributed by atoms with van der Waals surface area (Å²) >= 11 is 0. The highest BCUT2D eigenvalue weighted by atomic mass is 16.5. The van der Waals surface area contributed by atoms with Crippen molar-refractivity contribution in [3.05, 3.63) is 89.5 Å². The third kappa shape index (κ3) is 3.48. The van der Waals surface area contributed by atoms with E-state index in [-0.39, 0.29) is 17.7 Å². The van der Waals surface area contributed by atoms with Crippen LogP contribution in [0.2, 0.25) is 0 Å². The van der Waals surface area contributed by atoms with Gasteiger partial charge in [0.2, 0.25) is 0 Å². The van der Waals surface area contributed by atoms with E-state index < -0.39 is 0 Å². The van der Waals surface area contributed by atoms with Crippen LogP contribution in [0.5, 0.6) is 5.75 Å². The van der Waals surface area contributed by atoms with E-state index in [9.17, 15) is 14.4 Å². The number of nitrogens with one attached hydrogen (secondary N) is 1. The van der Waals surface area contributed by atoms with Gasteiger partial charge in [-0.25, -0.2) is 4.90 Å². The second kappa shape index (κ2) is 7.59. The Kier molecular flexibility index (Phi) is 4.83. The Hall–Kier alpha value is -3.93. The van der Waals surface area contributed by atoms with E-state index in [0.29, 0.717) is 40.4 Å². The van der Waals surface area contributed by atoms with Gasteiger partial charge in [-0.05, 0) is 61.5 Å². The Morgan fingerprint density at radius 3 is 2.17 bits per heavy atom. The van der Waals surface area contributed by atoms with Crippen molar-refractivity contribution in [1.29, 1.82) is 0 Å². The summed E-state index contributed by atoms with van der Waals surface area (Å²) in [5, 5.41) is 2.80. The van der Waals surface area contributed by atoms with Crippen molar-refractivity contribution in [2.24, 2.45) is 0 Å². The van der Waals surface area contributed by atoms with Crippen LogP contribution < -0.4 is 15.0 Å². The summed E-state index contributed by atoms with van der Waals surface area (Å²) in [6, 6.07) is 20.2. The third-order valence-corrected chi connectivity index (χ3v) is 4.58. The molecule has 1 N–H and O–H groups in total. The second-order valence-electron chi connectivity index (χ2n) is 6.45. The van der Waals surface area contributed by atoms with E-state index >= 15 is 0 Å². The molecule has 6 nitrogen and oxygen atoms in total. The van der Waals surface area contributed by atoms with Crippen LogP contribution in [-0.2, 0) is 0 Å². The van der Waals surface area contributed by atoms with Crippen LogP contribution in [0, 0.1) is 0 Å². The van der Waals surface area contributed by atoms with Crippen molar-refractivity contribution in [2.75, 3.05) is 16.8 Å². The minimum atomic E-state index is -0.352. The van der Waals surface area contributed by atoms with Gasteiger partial charge in [0.05, 0.1) is 23.4 Å². The Morgan fingerprint density at radius 1 is 0.897 bits per heavy atom. The first-order chi connectivity index (χ1) is 14.1. The van der Waals surface area contributed by atoms with E-state index in [1.165, 1.54) is 0 Å². The first-order valence-electron chi connectivity index (χ1n) is 9.20. The zero-order valence-corrected chi connectivity index (χ0v) is 15.7. The number of rotatable bonds is 5. The van der Waals surface area contributed by atoms with Crippen LogP contribution in [0.4, 0.5) is 11.4 Å². The zero-order valence-electron chi connectivity index (χ0n) is 15.7. The number of ether oxygens (including phenoxy) is 1. The van der Waals surface area contributed by atoms with Crippen LogP contribution in [0.25, 0.3) is 0 Å². The van der Waals surface area contributed by atoms with Crippen molar-refractivity contribution in [1.82, 2.24) is 0 Å². The van der Waals surface area contributed by atoms with Crippen LogP contribution in [-0.4, -0.2) is 24.3 Å². The van der Waals surface area contributed by atoms with Gasteiger partial charge >= 0.3 is 0 Å². The van der Waals surface area contributed by atoms with E-state index in [0.717, 1.165) is 4.90 Å². The number of hydrogen-bond donors (Lipinski definition) is 1. The number of carbonyl (C=O) groups excluding carboxylic acids is 3. The quantitative estimate of drug-likeness (QED) is 0.669. The summed E-state index contributed by atoms with van der Waals surface area (Å²) < 4.78 is 5.42.